The monoisotopic (exact) mass is 371 g/mol. The highest BCUT2D eigenvalue weighted by molar-refractivity contribution is 5.74. The highest BCUT2D eigenvalue weighted by Crippen LogP contribution is 2.10. The van der Waals surface area contributed by atoms with Crippen LogP contribution in [0.5, 0.6) is 0 Å². The number of hydrogen-bond donors (Lipinski definition) is 1. The number of piperazine rings is 1. The minimum absolute atomic E-state index is 0.000668. The van der Waals surface area contributed by atoms with Crippen molar-refractivity contribution in [2.75, 3.05) is 32.7 Å². The van der Waals surface area contributed by atoms with E-state index < -0.39 is 0 Å². The van der Waals surface area contributed by atoms with Gasteiger partial charge in [-0.1, -0.05) is 6.07 Å². The van der Waals surface area contributed by atoms with E-state index in [1.165, 1.54) is 5.56 Å². The molecule has 1 saturated heterocycles. The summed E-state index contributed by atoms with van der Waals surface area (Å²) < 4.78 is 2.03. The number of aromatic nitrogens is 4. The Hall–Kier alpha value is -2.48. The average Bonchev–Trinajstić information content (AvgIpc) is 3.13. The summed E-state index contributed by atoms with van der Waals surface area (Å²) in [5.74, 6) is 0.904. The lowest BCUT2D eigenvalue weighted by atomic mass is 10.2. The lowest BCUT2D eigenvalue weighted by Crippen LogP contribution is -2.51. The summed E-state index contributed by atoms with van der Waals surface area (Å²) in [6.45, 7) is 10.9. The number of hydrogen-bond acceptors (Lipinski definition) is 5. The van der Waals surface area contributed by atoms with Crippen LogP contribution in [0.1, 0.15) is 37.0 Å². The van der Waals surface area contributed by atoms with E-state index in [0.717, 1.165) is 44.2 Å². The quantitative estimate of drug-likeness (QED) is 0.835. The summed E-state index contributed by atoms with van der Waals surface area (Å²) >= 11 is 0. The van der Waals surface area contributed by atoms with Gasteiger partial charge in [0, 0.05) is 57.9 Å². The first-order valence-electron chi connectivity index (χ1n) is 9.58. The van der Waals surface area contributed by atoms with Crippen molar-refractivity contribution in [1.29, 1.82) is 0 Å². The maximum Gasteiger partial charge on any atom is 0.317 e. The van der Waals surface area contributed by atoms with E-state index in [0.29, 0.717) is 19.0 Å². The number of nitrogens with zero attached hydrogens (tertiary/aromatic N) is 6. The fourth-order valence-corrected chi connectivity index (χ4v) is 3.27. The Bertz CT molecular complexity index is 750. The van der Waals surface area contributed by atoms with Crippen molar-refractivity contribution in [1.82, 2.24) is 34.9 Å². The Morgan fingerprint density at radius 1 is 1.26 bits per heavy atom. The van der Waals surface area contributed by atoms with Crippen LogP contribution < -0.4 is 5.32 Å². The third-order valence-corrected chi connectivity index (χ3v) is 4.98. The highest BCUT2D eigenvalue weighted by Gasteiger charge is 2.21. The van der Waals surface area contributed by atoms with E-state index in [4.69, 9.17) is 0 Å². The molecule has 1 aliphatic rings. The van der Waals surface area contributed by atoms with Gasteiger partial charge >= 0.3 is 6.03 Å². The topological polar surface area (TPSA) is 79.2 Å². The Labute approximate surface area is 160 Å². The molecule has 0 aliphatic carbocycles. The number of amides is 2. The van der Waals surface area contributed by atoms with E-state index >= 15 is 0 Å². The van der Waals surface area contributed by atoms with Crippen LogP contribution in [-0.2, 0) is 13.0 Å². The van der Waals surface area contributed by atoms with Gasteiger partial charge in [0.25, 0.3) is 0 Å². The molecule has 1 aliphatic heterocycles. The zero-order valence-electron chi connectivity index (χ0n) is 16.4. The van der Waals surface area contributed by atoms with E-state index in [9.17, 15) is 4.79 Å². The van der Waals surface area contributed by atoms with Gasteiger partial charge in [-0.25, -0.2) is 4.79 Å². The highest BCUT2D eigenvalue weighted by atomic mass is 16.2. The third-order valence-electron chi connectivity index (χ3n) is 4.98. The van der Waals surface area contributed by atoms with Crippen molar-refractivity contribution in [3.63, 3.8) is 0 Å². The van der Waals surface area contributed by atoms with Crippen LogP contribution >= 0.6 is 0 Å². The first-order valence-corrected chi connectivity index (χ1v) is 9.58. The molecule has 1 fully saturated rings. The van der Waals surface area contributed by atoms with Gasteiger partial charge in [-0.3, -0.25) is 9.88 Å². The molecule has 2 amide bonds. The summed E-state index contributed by atoms with van der Waals surface area (Å²) in [7, 11) is 0. The largest absolute Gasteiger partial charge is 0.338 e. The van der Waals surface area contributed by atoms with Crippen LogP contribution in [0.3, 0.4) is 0 Å². The zero-order valence-corrected chi connectivity index (χ0v) is 16.4. The molecule has 0 spiro atoms. The van der Waals surface area contributed by atoms with Crippen molar-refractivity contribution in [3.05, 3.63) is 41.7 Å². The van der Waals surface area contributed by atoms with Gasteiger partial charge in [0.1, 0.15) is 12.2 Å². The number of rotatable bonds is 6. The average molecular weight is 371 g/mol. The van der Waals surface area contributed by atoms with Crippen LogP contribution in [0.25, 0.3) is 0 Å². The molecule has 2 aromatic heterocycles. The standard InChI is InChI=1S/C19H29N7O/c1-15(2)26-14-22-23-18(26)6-8-21-19(27)25-11-9-24(10-12-25)13-17-16(3)5-4-7-20-17/h4-5,7,14-15H,6,8-13H2,1-3H3,(H,21,27). The molecule has 3 rings (SSSR count). The number of pyridine rings is 1. The van der Waals surface area contributed by atoms with E-state index in [2.05, 4.69) is 52.2 Å². The Balaban J connectivity index is 1.41. The molecule has 3 heterocycles. The molecule has 0 aromatic carbocycles. The van der Waals surface area contributed by atoms with E-state index in [1.807, 2.05) is 21.7 Å². The SMILES string of the molecule is Cc1cccnc1CN1CCN(C(=O)NCCc2nncn2C(C)C)CC1. The molecule has 8 heteroatoms. The Morgan fingerprint density at radius 3 is 2.74 bits per heavy atom. The molecule has 8 nitrogen and oxygen atoms in total. The summed E-state index contributed by atoms with van der Waals surface area (Å²) in [5, 5.41) is 11.1. The lowest BCUT2D eigenvalue weighted by Gasteiger charge is -2.34. The van der Waals surface area contributed by atoms with Crippen molar-refractivity contribution in [2.24, 2.45) is 0 Å². The fourth-order valence-electron chi connectivity index (χ4n) is 3.27. The van der Waals surface area contributed by atoms with Gasteiger partial charge in [0.05, 0.1) is 5.69 Å². The van der Waals surface area contributed by atoms with Crippen molar-refractivity contribution >= 4 is 6.03 Å². The molecule has 146 valence electrons. The molecule has 2 aromatic rings. The van der Waals surface area contributed by atoms with Crippen molar-refractivity contribution < 1.29 is 4.79 Å². The van der Waals surface area contributed by atoms with Crippen LogP contribution in [0.15, 0.2) is 24.7 Å². The van der Waals surface area contributed by atoms with Crippen molar-refractivity contribution in [2.45, 2.75) is 39.8 Å². The van der Waals surface area contributed by atoms with Crippen LogP contribution in [-0.4, -0.2) is 68.3 Å². The third kappa shape index (κ3) is 5.03. The van der Waals surface area contributed by atoms with Gasteiger partial charge in [-0.2, -0.15) is 0 Å². The number of aryl methyl sites for hydroxylation is 1. The lowest BCUT2D eigenvalue weighted by molar-refractivity contribution is 0.134. The normalized spacial score (nSPS) is 15.3. The van der Waals surface area contributed by atoms with Crippen LogP contribution in [0.2, 0.25) is 0 Å². The molecule has 0 bridgehead atoms. The second-order valence-electron chi connectivity index (χ2n) is 7.26. The van der Waals surface area contributed by atoms with E-state index in [1.54, 1.807) is 6.33 Å². The number of urea groups is 1. The van der Waals surface area contributed by atoms with Gasteiger partial charge in [-0.15, -0.1) is 10.2 Å². The molecule has 27 heavy (non-hydrogen) atoms. The molecule has 1 N–H and O–H groups in total. The molecule has 0 radical (unpaired) electrons. The predicted octanol–water partition coefficient (Wildman–Crippen LogP) is 1.63. The summed E-state index contributed by atoms with van der Waals surface area (Å²) in [6, 6.07) is 4.37. The second-order valence-corrected chi connectivity index (χ2v) is 7.26. The van der Waals surface area contributed by atoms with Gasteiger partial charge < -0.3 is 14.8 Å². The van der Waals surface area contributed by atoms with Gasteiger partial charge in [0.2, 0.25) is 0 Å². The Morgan fingerprint density at radius 2 is 2.04 bits per heavy atom. The maximum atomic E-state index is 12.4. The smallest absolute Gasteiger partial charge is 0.317 e. The van der Waals surface area contributed by atoms with Gasteiger partial charge in [0.15, 0.2) is 0 Å². The number of nitrogens with one attached hydrogen (secondary N) is 1. The molecule has 0 atom stereocenters. The second kappa shape index (κ2) is 8.94. The first-order chi connectivity index (χ1) is 13.0. The summed E-state index contributed by atoms with van der Waals surface area (Å²) in [6.07, 6.45) is 4.26. The number of carbonyl (C=O) groups is 1. The maximum absolute atomic E-state index is 12.4. The fraction of sp³-hybridized carbons (Fsp3) is 0.579. The van der Waals surface area contributed by atoms with Crippen LogP contribution in [0, 0.1) is 6.92 Å². The zero-order chi connectivity index (χ0) is 19.2. The molecule has 0 unspecified atom stereocenters. The van der Waals surface area contributed by atoms with Crippen molar-refractivity contribution in [3.8, 4) is 0 Å². The summed E-state index contributed by atoms with van der Waals surface area (Å²) in [5.41, 5.74) is 2.33. The molecule has 0 saturated carbocycles. The number of carbonyl (C=O) groups excluding carboxylic acids is 1. The predicted molar refractivity (Wildman–Crippen MR) is 103 cm³/mol. The first kappa shape index (κ1) is 19.3. The van der Waals surface area contributed by atoms with Crippen LogP contribution in [0.4, 0.5) is 4.79 Å². The summed E-state index contributed by atoms with van der Waals surface area (Å²) in [4.78, 5) is 21.1. The molecular weight excluding hydrogens is 342 g/mol. The van der Waals surface area contributed by atoms with E-state index in [-0.39, 0.29) is 6.03 Å². The minimum Gasteiger partial charge on any atom is -0.338 e. The minimum atomic E-state index is -0.000668. The van der Waals surface area contributed by atoms with Gasteiger partial charge in [-0.05, 0) is 32.4 Å². The molecular formula is C19H29N7O. The Kier molecular flexibility index (Phi) is 6.39.